The second kappa shape index (κ2) is 6.14. The summed E-state index contributed by atoms with van der Waals surface area (Å²) in [5.41, 5.74) is 2.67. The van der Waals surface area contributed by atoms with Gasteiger partial charge in [0.15, 0.2) is 0 Å². The van der Waals surface area contributed by atoms with E-state index in [1.807, 2.05) is 31.3 Å². The van der Waals surface area contributed by atoms with Gasteiger partial charge in [-0.15, -0.1) is 0 Å². The summed E-state index contributed by atoms with van der Waals surface area (Å²) in [7, 11) is 1.90. The third-order valence-corrected chi connectivity index (χ3v) is 4.31. The molecule has 2 aliphatic heterocycles. The molecular weight excluding hydrogens is 292 g/mol. The van der Waals surface area contributed by atoms with E-state index in [-0.39, 0.29) is 6.17 Å². The summed E-state index contributed by atoms with van der Waals surface area (Å²) in [6.07, 6.45) is 3.13. The molecule has 4 rings (SSSR count). The van der Waals surface area contributed by atoms with Crippen LogP contribution < -0.4 is 16.2 Å². The fraction of sp³-hybridized carbons (Fsp3) is 0.412. The van der Waals surface area contributed by atoms with Gasteiger partial charge in [-0.1, -0.05) is 0 Å². The van der Waals surface area contributed by atoms with Crippen LogP contribution in [0.5, 0.6) is 0 Å². The average molecular weight is 312 g/mol. The van der Waals surface area contributed by atoms with E-state index in [2.05, 4.69) is 21.3 Å². The van der Waals surface area contributed by atoms with Crippen LogP contribution >= 0.6 is 0 Å². The molecule has 0 saturated carbocycles. The third kappa shape index (κ3) is 2.87. The summed E-state index contributed by atoms with van der Waals surface area (Å²) in [4.78, 5) is 11.7. The molecule has 0 amide bonds. The molecule has 1 saturated heterocycles. The van der Waals surface area contributed by atoms with E-state index in [1.54, 1.807) is 0 Å². The van der Waals surface area contributed by atoms with E-state index in [1.165, 1.54) is 0 Å². The number of aromatic nitrogens is 1. The summed E-state index contributed by atoms with van der Waals surface area (Å²) in [5, 5.41) is 3.95. The zero-order valence-corrected chi connectivity index (χ0v) is 13.2. The zero-order valence-electron chi connectivity index (χ0n) is 13.2. The van der Waals surface area contributed by atoms with Crippen LogP contribution in [0.25, 0.3) is 17.5 Å². The molecule has 0 aliphatic carbocycles. The molecule has 23 heavy (non-hydrogen) atoms. The number of hydrogen-bond acceptors (Lipinski definition) is 6. The number of hydrogen-bond donors (Lipinski definition) is 1. The maximum Gasteiger partial charge on any atom is 0.244 e. The van der Waals surface area contributed by atoms with Crippen LogP contribution in [0.4, 0.5) is 5.69 Å². The Kier molecular flexibility index (Phi) is 3.85. The number of anilines is 1. The average Bonchev–Trinajstić information content (AvgIpc) is 3.06. The first kappa shape index (κ1) is 14.4. The molecular formula is C17H20N4O2. The first-order chi connectivity index (χ1) is 11.3. The molecule has 3 heterocycles. The normalized spacial score (nSPS) is 21.2. The lowest BCUT2D eigenvalue weighted by atomic mass is 10.2. The van der Waals surface area contributed by atoms with E-state index < -0.39 is 0 Å². The van der Waals surface area contributed by atoms with E-state index in [0.717, 1.165) is 49.3 Å². The van der Waals surface area contributed by atoms with Crippen molar-refractivity contribution >= 4 is 11.8 Å². The Morgan fingerprint density at radius 1 is 1.17 bits per heavy atom. The van der Waals surface area contributed by atoms with Crippen molar-refractivity contribution < 1.29 is 9.15 Å². The predicted octanol–water partition coefficient (Wildman–Crippen LogP) is 0.845. The molecule has 0 spiro atoms. The highest BCUT2D eigenvalue weighted by molar-refractivity contribution is 5.58. The predicted molar refractivity (Wildman–Crippen MR) is 87.5 cm³/mol. The Labute approximate surface area is 134 Å². The van der Waals surface area contributed by atoms with Gasteiger partial charge in [-0.3, -0.25) is 4.90 Å². The van der Waals surface area contributed by atoms with Crippen LogP contribution in [0.15, 0.2) is 33.7 Å². The van der Waals surface area contributed by atoms with Crippen LogP contribution in [-0.2, 0) is 4.74 Å². The quantitative estimate of drug-likeness (QED) is 0.910. The molecule has 1 unspecified atom stereocenters. The summed E-state index contributed by atoms with van der Waals surface area (Å²) >= 11 is 0. The maximum atomic E-state index is 5.90. The SMILES string of the molecule is CNc1ccc(-c2nc3c(o2)=NC(N2CCOCC2)CC=3)cc1. The molecule has 1 N–H and O–H groups in total. The van der Waals surface area contributed by atoms with Gasteiger partial charge < -0.3 is 14.5 Å². The number of nitrogens with zero attached hydrogens (tertiary/aromatic N) is 3. The first-order valence-corrected chi connectivity index (χ1v) is 7.98. The largest absolute Gasteiger partial charge is 0.418 e. The van der Waals surface area contributed by atoms with Gasteiger partial charge in [-0.25, -0.2) is 9.98 Å². The number of morpholine rings is 1. The number of fused-ring (bicyclic) bond motifs is 1. The minimum absolute atomic E-state index is 0.138. The van der Waals surface area contributed by atoms with E-state index in [0.29, 0.717) is 11.4 Å². The van der Waals surface area contributed by atoms with Gasteiger partial charge >= 0.3 is 0 Å². The molecule has 2 aliphatic rings. The van der Waals surface area contributed by atoms with Gasteiger partial charge in [-0.05, 0) is 30.3 Å². The van der Waals surface area contributed by atoms with Crippen LogP contribution in [0, 0.1) is 0 Å². The molecule has 6 nitrogen and oxygen atoms in total. The third-order valence-electron chi connectivity index (χ3n) is 4.31. The summed E-state index contributed by atoms with van der Waals surface area (Å²) < 4.78 is 11.3. The van der Waals surface area contributed by atoms with Gasteiger partial charge in [-0.2, -0.15) is 0 Å². The molecule has 1 atom stereocenters. The van der Waals surface area contributed by atoms with Crippen molar-refractivity contribution in [2.45, 2.75) is 12.6 Å². The van der Waals surface area contributed by atoms with Crippen LogP contribution in [0.3, 0.4) is 0 Å². The van der Waals surface area contributed by atoms with Gasteiger partial charge in [0.1, 0.15) is 11.5 Å². The minimum Gasteiger partial charge on any atom is -0.418 e. The molecule has 6 heteroatoms. The van der Waals surface area contributed by atoms with Gasteiger partial charge in [0, 0.05) is 37.8 Å². The topological polar surface area (TPSA) is 62.9 Å². The van der Waals surface area contributed by atoms with Crippen molar-refractivity contribution in [1.29, 1.82) is 0 Å². The van der Waals surface area contributed by atoms with E-state index >= 15 is 0 Å². The zero-order chi connectivity index (χ0) is 15.6. The number of ether oxygens (including phenoxy) is 1. The Hall–Kier alpha value is -2.18. The number of benzene rings is 1. The second-order valence-electron chi connectivity index (χ2n) is 5.73. The Morgan fingerprint density at radius 3 is 2.70 bits per heavy atom. The fourth-order valence-electron chi connectivity index (χ4n) is 2.96. The lowest BCUT2D eigenvalue weighted by Gasteiger charge is -2.31. The molecule has 2 aromatic rings. The Balaban J connectivity index is 1.63. The van der Waals surface area contributed by atoms with Crippen molar-refractivity contribution in [2.24, 2.45) is 4.99 Å². The summed E-state index contributed by atoms with van der Waals surface area (Å²) in [5.74, 6) is 0.625. The molecule has 1 aromatic heterocycles. The highest BCUT2D eigenvalue weighted by Crippen LogP contribution is 2.18. The molecule has 0 radical (unpaired) electrons. The van der Waals surface area contributed by atoms with Crippen LogP contribution in [-0.4, -0.2) is 49.4 Å². The number of rotatable bonds is 3. The standard InChI is InChI=1S/C17H20N4O2/c1-18-13-4-2-12(3-5-13)16-19-14-6-7-15(20-17(14)23-16)21-8-10-22-11-9-21/h2-6,15,18H,7-11H2,1H3. The van der Waals surface area contributed by atoms with Crippen molar-refractivity contribution in [3.63, 3.8) is 0 Å². The Morgan fingerprint density at radius 2 is 1.96 bits per heavy atom. The smallest absolute Gasteiger partial charge is 0.244 e. The van der Waals surface area contributed by atoms with Crippen molar-refractivity contribution in [2.75, 3.05) is 38.7 Å². The highest BCUT2D eigenvalue weighted by Gasteiger charge is 2.22. The number of oxazole rings is 1. The van der Waals surface area contributed by atoms with Crippen LogP contribution in [0.1, 0.15) is 6.42 Å². The molecule has 1 fully saturated rings. The fourth-order valence-corrected chi connectivity index (χ4v) is 2.96. The maximum absolute atomic E-state index is 5.90. The lowest BCUT2D eigenvalue weighted by molar-refractivity contribution is 0.0179. The first-order valence-electron chi connectivity index (χ1n) is 7.98. The van der Waals surface area contributed by atoms with Crippen molar-refractivity contribution in [1.82, 2.24) is 9.88 Å². The van der Waals surface area contributed by atoms with E-state index in [4.69, 9.17) is 14.1 Å². The van der Waals surface area contributed by atoms with E-state index in [9.17, 15) is 0 Å². The van der Waals surface area contributed by atoms with Gasteiger partial charge in [0.25, 0.3) is 0 Å². The van der Waals surface area contributed by atoms with Crippen LogP contribution in [0.2, 0.25) is 0 Å². The summed E-state index contributed by atoms with van der Waals surface area (Å²) in [6.45, 7) is 3.39. The molecule has 120 valence electrons. The van der Waals surface area contributed by atoms with Crippen molar-refractivity contribution in [3.8, 4) is 11.5 Å². The van der Waals surface area contributed by atoms with Gasteiger partial charge in [0.2, 0.25) is 11.4 Å². The molecule has 1 aromatic carbocycles. The molecule has 0 bridgehead atoms. The highest BCUT2D eigenvalue weighted by atomic mass is 16.5. The van der Waals surface area contributed by atoms with Gasteiger partial charge in [0.05, 0.1) is 13.2 Å². The lowest BCUT2D eigenvalue weighted by Crippen LogP contribution is -2.45. The Bertz CT molecular complexity index is 791. The number of nitrogens with one attached hydrogen (secondary N) is 1. The van der Waals surface area contributed by atoms with Crippen molar-refractivity contribution in [3.05, 3.63) is 35.2 Å². The minimum atomic E-state index is 0.138. The monoisotopic (exact) mass is 312 g/mol. The second-order valence-corrected chi connectivity index (χ2v) is 5.73. The summed E-state index contributed by atoms with van der Waals surface area (Å²) in [6, 6.07) is 8.02.